The van der Waals surface area contributed by atoms with E-state index in [1.54, 1.807) is 24.8 Å². The number of unbranched alkanes of at least 4 members (excludes halogenated alkanes) is 3. The zero-order valence-corrected chi connectivity index (χ0v) is 56.8. The van der Waals surface area contributed by atoms with Gasteiger partial charge in [0.1, 0.15) is 5.76 Å². The van der Waals surface area contributed by atoms with Crippen LogP contribution in [0.15, 0.2) is 228 Å². The minimum absolute atomic E-state index is 0.106. The first-order valence-corrected chi connectivity index (χ1v) is 42.2. The summed E-state index contributed by atoms with van der Waals surface area (Å²) < 4.78 is 17.5. The topological polar surface area (TPSA) is 70.0 Å². The average molecular weight is 1440 g/mol. The van der Waals surface area contributed by atoms with Crippen molar-refractivity contribution < 1.29 is 25.4 Å². The van der Waals surface area contributed by atoms with Crippen molar-refractivity contribution in [1.82, 2.24) is 19.9 Å². The molecule has 0 radical (unpaired) electrons. The monoisotopic (exact) mass is 1440 g/mol. The van der Waals surface area contributed by atoms with Gasteiger partial charge < -0.3 is 4.74 Å². The Kier molecular flexibility index (Phi) is 38.2. The Balaban J connectivity index is 0.000000263. The van der Waals surface area contributed by atoms with Crippen LogP contribution in [0.25, 0.3) is 5.76 Å². The molecule has 0 fully saturated rings. The fraction of sp³-hybridized carbons (Fsp3) is 0.250. The van der Waals surface area contributed by atoms with Crippen LogP contribution in [0.1, 0.15) is 78.7 Å². The van der Waals surface area contributed by atoms with Crippen LogP contribution < -0.4 is 31.8 Å². The van der Waals surface area contributed by atoms with Gasteiger partial charge in [0.15, 0.2) is 0 Å². The molecule has 0 aliphatic carbocycles. The molecular formula is C64H75BrCl4N4O2P2PdSn. The third kappa shape index (κ3) is 27.4. The molecule has 15 heteroatoms. The Bertz CT molecular complexity index is 2450. The third-order valence-corrected chi connectivity index (χ3v) is 32.6. The van der Waals surface area contributed by atoms with Crippen molar-refractivity contribution in [2.24, 2.45) is 0 Å². The van der Waals surface area contributed by atoms with Crippen molar-refractivity contribution in [3.05, 3.63) is 244 Å². The Hall–Kier alpha value is -3.48. The normalized spacial score (nSPS) is 10.4. The van der Waals surface area contributed by atoms with E-state index >= 15 is 0 Å². The van der Waals surface area contributed by atoms with E-state index in [0.717, 1.165) is 16.6 Å². The second-order valence-corrected chi connectivity index (χ2v) is 39.0. The summed E-state index contributed by atoms with van der Waals surface area (Å²) in [6.45, 7) is 20.3. The maximum Gasteiger partial charge on any atom is -0.0134 e. The summed E-state index contributed by atoms with van der Waals surface area (Å²) in [5, 5.41) is 8.88. The molecule has 0 amide bonds. The molecule has 6 nitrogen and oxygen atoms in total. The van der Waals surface area contributed by atoms with Gasteiger partial charge in [0.2, 0.25) is 10.6 Å². The molecule has 0 saturated carbocycles. The fourth-order valence-electron chi connectivity index (χ4n) is 8.03. The predicted molar refractivity (Wildman–Crippen MR) is 350 cm³/mol. The number of halogens is 5. The van der Waals surface area contributed by atoms with E-state index < -0.39 is 34.2 Å². The van der Waals surface area contributed by atoms with Crippen molar-refractivity contribution in [2.75, 3.05) is 13.2 Å². The van der Waals surface area contributed by atoms with Crippen molar-refractivity contribution in [2.45, 2.75) is 86.5 Å². The molecule has 79 heavy (non-hydrogen) atoms. The quantitative estimate of drug-likeness (QED) is 0.0309. The summed E-state index contributed by atoms with van der Waals surface area (Å²) in [5.74, 6) is 0.564. The van der Waals surface area contributed by atoms with Crippen LogP contribution in [0.5, 0.6) is 0 Å². The van der Waals surface area contributed by atoms with E-state index in [4.69, 9.17) is 51.7 Å². The Morgan fingerprint density at radius 1 is 0.456 bits per heavy atom. The largest absolute Gasteiger partial charge is 0.0622 e. The second-order valence-electron chi connectivity index (χ2n) is 17.4. The molecule has 0 spiro atoms. The molecule has 2 aromatic heterocycles. The fourth-order valence-corrected chi connectivity index (χ4v) is 27.7. The molecule has 0 saturated heterocycles. The summed E-state index contributed by atoms with van der Waals surface area (Å²) in [5.41, 5.74) is 0.751. The van der Waals surface area contributed by atoms with E-state index in [1.165, 1.54) is 87.4 Å². The van der Waals surface area contributed by atoms with Crippen LogP contribution in [0.2, 0.25) is 23.9 Å². The summed E-state index contributed by atoms with van der Waals surface area (Å²) in [6, 6.07) is 64.7. The molecule has 8 rings (SSSR count). The van der Waals surface area contributed by atoms with Crippen LogP contribution in [0.3, 0.4) is 0 Å². The number of benzene rings is 6. The van der Waals surface area contributed by atoms with E-state index in [1.807, 2.05) is 6.92 Å². The van der Waals surface area contributed by atoms with Crippen LogP contribution in [-0.4, -0.2) is 51.5 Å². The molecule has 0 aliphatic rings. The Morgan fingerprint density at radius 3 is 0.937 bits per heavy atom. The first kappa shape index (κ1) is 69.8. The van der Waals surface area contributed by atoms with Crippen LogP contribution >= 0.6 is 74.0 Å². The van der Waals surface area contributed by atoms with Gasteiger partial charge in [0, 0.05) is 24.8 Å². The van der Waals surface area contributed by atoms with Gasteiger partial charge in [-0.25, -0.2) is 19.9 Å². The van der Waals surface area contributed by atoms with Gasteiger partial charge in [0.25, 0.3) is 0 Å². The molecule has 0 atom stereocenters. The number of ether oxygens (including phenoxy) is 2. The minimum Gasteiger partial charge on any atom is -0.0622 e. The first-order chi connectivity index (χ1) is 38.5. The first-order valence-electron chi connectivity index (χ1n) is 26.5. The maximum absolute atomic E-state index is 5.90. The van der Waals surface area contributed by atoms with E-state index in [0.29, 0.717) is 12.4 Å². The average Bonchev–Trinajstić information content (AvgIpc) is 3.50. The second kappa shape index (κ2) is 43.2. The molecule has 422 valence electrons. The van der Waals surface area contributed by atoms with Gasteiger partial charge in [-0.05, 0) is 93.7 Å². The standard InChI is InChI=1S/2C18H15P.C8H9ClN2O.C4H2BrClN2.C4H7O.3C4H9.2ClH.Pd.Sn/c2*1-4-10-16(11-5-1)19(17-12-6-2-7-13-17)18-14-8-3-9-15-18;1-3-12-6(2)7-4-10-8(9)11-5-7;5-3-1-7-4(6)8-2-3;1-3-5-4-2;3*1-3-4-2;;;;/h2*1-15H;4-5H,2-3H2,1H3;1-2H;1,4H2,2H3;3*1,3-4H2,2H3;2*1H;;/q;;;;;;;;;;+2;/p-2. The van der Waals surface area contributed by atoms with Crippen LogP contribution in [0.4, 0.5) is 0 Å². The third-order valence-electron chi connectivity index (χ3n) is 11.9. The van der Waals surface area contributed by atoms with Crippen molar-refractivity contribution >= 4 is 130 Å². The van der Waals surface area contributed by atoms with Gasteiger partial charge in [-0.1, -0.05) is 189 Å². The Morgan fingerprint density at radius 2 is 0.709 bits per heavy atom. The van der Waals surface area contributed by atoms with Gasteiger partial charge in [0.05, 0.1) is 16.6 Å². The Labute approximate surface area is 514 Å². The molecule has 0 aliphatic heterocycles. The summed E-state index contributed by atoms with van der Waals surface area (Å²) in [4.78, 5) is 15.0. The number of hydrogen-bond acceptors (Lipinski definition) is 6. The summed E-state index contributed by atoms with van der Waals surface area (Å²) in [7, 11) is 8.74. The van der Waals surface area contributed by atoms with Crippen molar-refractivity contribution in [3.63, 3.8) is 0 Å². The molecule has 0 bridgehead atoms. The molecule has 2 heterocycles. The summed E-state index contributed by atoms with van der Waals surface area (Å²) >= 11 is 11.7. The minimum atomic E-state index is -2.24. The number of hydrogen-bond donors (Lipinski definition) is 0. The molecule has 0 N–H and O–H groups in total. The molecule has 8 aromatic rings. The van der Waals surface area contributed by atoms with Gasteiger partial charge in [-0.15, -0.1) is 0 Å². The summed E-state index contributed by atoms with van der Waals surface area (Å²) in [6.07, 6.45) is 14.4. The zero-order valence-electron chi connectivity index (χ0n) is 46.0. The smallest absolute Gasteiger partial charge is 0.0134 e. The zero-order chi connectivity index (χ0) is 57.4. The van der Waals surface area contributed by atoms with Crippen molar-refractivity contribution in [3.8, 4) is 0 Å². The van der Waals surface area contributed by atoms with E-state index in [2.05, 4.69) is 259 Å². The number of nitrogens with zero attached hydrogens (tertiary/aromatic N) is 4. The molecule has 6 aromatic carbocycles. The van der Waals surface area contributed by atoms with Crippen LogP contribution in [-0.2, 0) is 25.4 Å². The SMILES string of the molecule is C=C(OCC)c1cnc(Cl)nc1.C=[C](OCC)[Sn]([CH2]CCC)([CH2]CCC)[CH2]CCC.Clc1ncc(Br)cn1.[Cl][Pd][Cl].c1ccc(P(c2ccccc2)c2ccccc2)cc1.c1ccc(P(c2ccccc2)c2ccccc2)cc1. The van der Waals surface area contributed by atoms with Gasteiger partial charge >= 0.3 is 155 Å². The van der Waals surface area contributed by atoms with E-state index in [-0.39, 0.29) is 26.5 Å². The van der Waals surface area contributed by atoms with Crippen molar-refractivity contribution in [1.29, 1.82) is 0 Å². The molecular weight excluding hydrogens is 1370 g/mol. The number of rotatable bonds is 21. The molecule has 0 unspecified atom stereocenters. The van der Waals surface area contributed by atoms with E-state index in [9.17, 15) is 0 Å². The van der Waals surface area contributed by atoms with Gasteiger partial charge in [-0.3, -0.25) is 0 Å². The maximum atomic E-state index is 5.90. The predicted octanol–water partition coefficient (Wildman–Crippen LogP) is 18.2. The van der Waals surface area contributed by atoms with Gasteiger partial charge in [-0.2, -0.15) is 0 Å². The number of aromatic nitrogens is 4. The van der Waals surface area contributed by atoms with Crippen LogP contribution in [0, 0.1) is 0 Å².